The molecule has 0 radical (unpaired) electrons. The van der Waals surface area contributed by atoms with E-state index >= 15 is 0 Å². The van der Waals surface area contributed by atoms with E-state index in [-0.39, 0.29) is 6.42 Å². The number of carbonyl (C=O) groups is 2. The van der Waals surface area contributed by atoms with Crippen LogP contribution in [0.4, 0.5) is 4.79 Å². The Hall–Kier alpha value is -2.04. The molecule has 1 N–H and O–H groups in total. The van der Waals surface area contributed by atoms with E-state index < -0.39 is 23.7 Å². The highest BCUT2D eigenvalue weighted by Crippen LogP contribution is 2.16. The Morgan fingerprint density at radius 2 is 1.81 bits per heavy atom. The molecule has 5 nitrogen and oxygen atoms in total. The van der Waals surface area contributed by atoms with E-state index in [1.165, 1.54) is 4.90 Å². The van der Waals surface area contributed by atoms with Crippen LogP contribution >= 0.6 is 0 Å². The number of hydrogen-bond acceptors (Lipinski definition) is 3. The number of rotatable bonds is 5. The summed E-state index contributed by atoms with van der Waals surface area (Å²) in [6.45, 7) is 7.39. The van der Waals surface area contributed by atoms with Crippen LogP contribution < -0.4 is 0 Å². The van der Waals surface area contributed by atoms with Crippen molar-refractivity contribution in [1.29, 1.82) is 0 Å². The van der Waals surface area contributed by atoms with Gasteiger partial charge in [-0.05, 0) is 33.3 Å². The molecule has 116 valence electrons. The molecule has 0 fully saturated rings. The standard InChI is InChI=1S/C16H23NO4/c1-12(10-14(18)19)17(15(20)21-16(2,3)4)11-13-8-6-5-7-9-13/h5-9,12H,10-11H2,1-4H3,(H,18,19). The first kappa shape index (κ1) is 17.0. The van der Waals surface area contributed by atoms with Gasteiger partial charge in [0.2, 0.25) is 0 Å². The summed E-state index contributed by atoms with van der Waals surface area (Å²) in [4.78, 5) is 24.6. The van der Waals surface area contributed by atoms with Crippen LogP contribution in [-0.2, 0) is 16.1 Å². The minimum atomic E-state index is -0.941. The number of carbonyl (C=O) groups excluding carboxylic acids is 1. The van der Waals surface area contributed by atoms with Gasteiger partial charge >= 0.3 is 12.1 Å². The van der Waals surface area contributed by atoms with Gasteiger partial charge in [0.15, 0.2) is 0 Å². The molecule has 1 aromatic carbocycles. The molecule has 1 rings (SSSR count). The van der Waals surface area contributed by atoms with E-state index in [1.807, 2.05) is 30.3 Å². The minimum absolute atomic E-state index is 0.119. The molecule has 21 heavy (non-hydrogen) atoms. The van der Waals surface area contributed by atoms with Crippen LogP contribution in [0.3, 0.4) is 0 Å². The zero-order chi connectivity index (χ0) is 16.0. The summed E-state index contributed by atoms with van der Waals surface area (Å²) in [7, 11) is 0. The van der Waals surface area contributed by atoms with E-state index in [1.54, 1.807) is 27.7 Å². The van der Waals surface area contributed by atoms with Crippen LogP contribution in [0.1, 0.15) is 39.7 Å². The van der Waals surface area contributed by atoms with E-state index in [2.05, 4.69) is 0 Å². The Labute approximate surface area is 125 Å². The monoisotopic (exact) mass is 293 g/mol. The summed E-state index contributed by atoms with van der Waals surface area (Å²) in [6, 6.07) is 8.99. The van der Waals surface area contributed by atoms with Gasteiger partial charge in [-0.2, -0.15) is 0 Å². The van der Waals surface area contributed by atoms with Crippen molar-refractivity contribution < 1.29 is 19.4 Å². The molecular weight excluding hydrogens is 270 g/mol. The fraction of sp³-hybridized carbons (Fsp3) is 0.500. The molecule has 0 spiro atoms. The summed E-state index contributed by atoms with van der Waals surface area (Å²) in [5, 5.41) is 8.93. The van der Waals surface area contributed by atoms with E-state index in [4.69, 9.17) is 9.84 Å². The average molecular weight is 293 g/mol. The highest BCUT2D eigenvalue weighted by atomic mass is 16.6. The first-order chi connectivity index (χ1) is 9.69. The third kappa shape index (κ3) is 6.29. The molecule has 0 aliphatic rings. The molecule has 1 atom stereocenters. The maximum Gasteiger partial charge on any atom is 0.410 e. The minimum Gasteiger partial charge on any atom is -0.481 e. The van der Waals surface area contributed by atoms with Crippen LogP contribution in [0.5, 0.6) is 0 Å². The van der Waals surface area contributed by atoms with Crippen molar-refractivity contribution in [3.05, 3.63) is 35.9 Å². The van der Waals surface area contributed by atoms with Gasteiger partial charge in [-0.25, -0.2) is 4.79 Å². The van der Waals surface area contributed by atoms with Crippen molar-refractivity contribution in [2.45, 2.75) is 52.3 Å². The Morgan fingerprint density at radius 3 is 2.29 bits per heavy atom. The first-order valence-corrected chi connectivity index (χ1v) is 6.94. The molecule has 0 saturated heterocycles. The van der Waals surface area contributed by atoms with E-state index in [0.29, 0.717) is 6.54 Å². The fourth-order valence-electron chi connectivity index (χ4n) is 1.86. The van der Waals surface area contributed by atoms with E-state index in [0.717, 1.165) is 5.56 Å². The second kappa shape index (κ2) is 7.11. The number of carboxylic acid groups (broad SMARTS) is 1. The summed E-state index contributed by atoms with van der Waals surface area (Å²) < 4.78 is 5.37. The molecule has 1 amide bonds. The third-order valence-corrected chi connectivity index (χ3v) is 2.83. The highest BCUT2D eigenvalue weighted by molar-refractivity contribution is 5.71. The number of hydrogen-bond donors (Lipinski definition) is 1. The van der Waals surface area contributed by atoms with Crippen molar-refractivity contribution >= 4 is 12.1 Å². The highest BCUT2D eigenvalue weighted by Gasteiger charge is 2.27. The number of nitrogens with zero attached hydrogens (tertiary/aromatic N) is 1. The SMILES string of the molecule is CC(CC(=O)O)N(Cc1ccccc1)C(=O)OC(C)(C)C. The Kier molecular flexibility index (Phi) is 5.76. The summed E-state index contributed by atoms with van der Waals surface area (Å²) in [5.74, 6) is -0.941. The van der Waals surface area contributed by atoms with Crippen molar-refractivity contribution in [2.24, 2.45) is 0 Å². The molecular formula is C16H23NO4. The van der Waals surface area contributed by atoms with E-state index in [9.17, 15) is 9.59 Å². The zero-order valence-corrected chi connectivity index (χ0v) is 13.0. The van der Waals surface area contributed by atoms with Crippen LogP contribution in [-0.4, -0.2) is 33.7 Å². The van der Waals surface area contributed by atoms with Crippen LogP contribution in [0, 0.1) is 0 Å². The van der Waals surface area contributed by atoms with Gasteiger partial charge in [-0.1, -0.05) is 30.3 Å². The largest absolute Gasteiger partial charge is 0.481 e. The van der Waals surface area contributed by atoms with Crippen LogP contribution in [0.2, 0.25) is 0 Å². The lowest BCUT2D eigenvalue weighted by Crippen LogP contribution is -2.42. The van der Waals surface area contributed by atoms with Gasteiger partial charge in [-0.15, -0.1) is 0 Å². The predicted molar refractivity (Wildman–Crippen MR) is 79.9 cm³/mol. The average Bonchev–Trinajstić information content (AvgIpc) is 2.34. The second-order valence-electron chi connectivity index (χ2n) is 6.04. The summed E-state index contributed by atoms with van der Waals surface area (Å²) in [6.07, 6.45) is -0.619. The lowest BCUT2D eigenvalue weighted by atomic mass is 10.1. The molecule has 1 unspecified atom stereocenters. The Balaban J connectivity index is 2.88. The first-order valence-electron chi connectivity index (χ1n) is 6.94. The normalized spacial score (nSPS) is 12.6. The summed E-state index contributed by atoms with van der Waals surface area (Å²) in [5.41, 5.74) is 0.315. The van der Waals surface area contributed by atoms with Gasteiger partial charge < -0.3 is 14.7 Å². The molecule has 0 aliphatic heterocycles. The molecule has 0 saturated carbocycles. The Bertz CT molecular complexity index is 479. The van der Waals surface area contributed by atoms with Crippen molar-refractivity contribution in [2.75, 3.05) is 0 Å². The quantitative estimate of drug-likeness (QED) is 0.904. The number of carboxylic acids is 1. The topological polar surface area (TPSA) is 66.8 Å². The van der Waals surface area contributed by atoms with Crippen LogP contribution in [0.25, 0.3) is 0 Å². The van der Waals surface area contributed by atoms with Crippen molar-refractivity contribution in [3.8, 4) is 0 Å². The van der Waals surface area contributed by atoms with Gasteiger partial charge in [0, 0.05) is 12.6 Å². The van der Waals surface area contributed by atoms with Crippen molar-refractivity contribution in [1.82, 2.24) is 4.90 Å². The predicted octanol–water partition coefficient (Wildman–Crippen LogP) is 3.29. The molecule has 0 aliphatic carbocycles. The smallest absolute Gasteiger partial charge is 0.410 e. The molecule has 0 heterocycles. The van der Waals surface area contributed by atoms with Gasteiger partial charge in [0.05, 0.1) is 6.42 Å². The van der Waals surface area contributed by atoms with Gasteiger partial charge in [0.25, 0.3) is 0 Å². The number of benzene rings is 1. The maximum atomic E-state index is 12.3. The lowest BCUT2D eigenvalue weighted by molar-refractivity contribution is -0.138. The molecule has 5 heteroatoms. The molecule has 0 bridgehead atoms. The summed E-state index contributed by atoms with van der Waals surface area (Å²) >= 11 is 0. The van der Waals surface area contributed by atoms with Gasteiger partial charge in [0.1, 0.15) is 5.60 Å². The lowest BCUT2D eigenvalue weighted by Gasteiger charge is -2.31. The third-order valence-electron chi connectivity index (χ3n) is 2.83. The second-order valence-corrected chi connectivity index (χ2v) is 6.04. The number of aliphatic carboxylic acids is 1. The van der Waals surface area contributed by atoms with Gasteiger partial charge in [-0.3, -0.25) is 4.79 Å². The van der Waals surface area contributed by atoms with Crippen molar-refractivity contribution in [3.63, 3.8) is 0 Å². The molecule has 0 aromatic heterocycles. The fourth-order valence-corrected chi connectivity index (χ4v) is 1.86. The zero-order valence-electron chi connectivity index (χ0n) is 13.0. The number of ether oxygens (including phenoxy) is 1. The van der Waals surface area contributed by atoms with Crippen LogP contribution in [0.15, 0.2) is 30.3 Å². The molecule has 1 aromatic rings. The number of amides is 1. The Morgan fingerprint density at radius 1 is 1.24 bits per heavy atom. The maximum absolute atomic E-state index is 12.3.